The molecule has 42 heavy (non-hydrogen) atoms. The van der Waals surface area contributed by atoms with E-state index in [1.807, 2.05) is 0 Å². The van der Waals surface area contributed by atoms with E-state index in [4.69, 9.17) is 10.9 Å². The second kappa shape index (κ2) is 11.2. The van der Waals surface area contributed by atoms with Crippen LogP contribution in [-0.2, 0) is 25.7 Å². The Morgan fingerprint density at radius 3 is 2.36 bits per heavy atom. The van der Waals surface area contributed by atoms with E-state index in [0.717, 1.165) is 12.1 Å². The molecule has 4 rings (SSSR count). The van der Waals surface area contributed by atoms with Gasteiger partial charge in [0.2, 0.25) is 11.4 Å². The van der Waals surface area contributed by atoms with Crippen LogP contribution in [0.2, 0.25) is 0 Å². The lowest BCUT2D eigenvalue weighted by Gasteiger charge is -2.26. The Balaban J connectivity index is 2.00. The van der Waals surface area contributed by atoms with E-state index in [9.17, 15) is 31.1 Å². The summed E-state index contributed by atoms with van der Waals surface area (Å²) < 4.78 is 85.6. The van der Waals surface area contributed by atoms with Gasteiger partial charge in [0.25, 0.3) is 5.92 Å². The normalized spacial score (nSPS) is 12.3. The van der Waals surface area contributed by atoms with Gasteiger partial charge in [-0.1, -0.05) is 13.8 Å². The van der Waals surface area contributed by atoms with Gasteiger partial charge in [0, 0.05) is 60.5 Å². The van der Waals surface area contributed by atoms with Gasteiger partial charge in [-0.05, 0) is 41.8 Å². The van der Waals surface area contributed by atoms with Gasteiger partial charge < -0.3 is 20.0 Å². The molecule has 0 unspecified atom stereocenters. The number of aliphatic hydroxyl groups excluding tert-OH is 1. The number of hydrogen-bond acceptors (Lipinski definition) is 7. The Kier molecular flexibility index (Phi) is 8.24. The smallest absolute Gasteiger partial charge is 0.390 e. The van der Waals surface area contributed by atoms with Crippen molar-refractivity contribution in [2.24, 2.45) is 12.9 Å². The number of nitrogens with one attached hydrogen (secondary N) is 1. The highest BCUT2D eigenvalue weighted by Gasteiger charge is 2.37. The van der Waals surface area contributed by atoms with Crippen LogP contribution < -0.4 is 21.7 Å². The number of halogens is 6. The summed E-state index contributed by atoms with van der Waals surface area (Å²) >= 11 is 0. The number of hydrazine groups is 1. The summed E-state index contributed by atoms with van der Waals surface area (Å²) in [5, 5.41) is 13.1. The zero-order chi connectivity index (χ0) is 31.1. The number of nitrogens with zero attached hydrogens (tertiary/aromatic N) is 4. The molecule has 0 aliphatic rings. The minimum Gasteiger partial charge on any atom is -0.390 e. The number of rotatable bonds is 8. The van der Waals surface area contributed by atoms with E-state index in [1.165, 1.54) is 28.8 Å². The van der Waals surface area contributed by atoms with Crippen molar-refractivity contribution >= 4 is 22.4 Å². The molecule has 0 aliphatic carbocycles. The van der Waals surface area contributed by atoms with Crippen molar-refractivity contribution in [3.63, 3.8) is 0 Å². The second-order valence-electron chi connectivity index (χ2n) is 10.2. The number of aromatic nitrogens is 3. The van der Waals surface area contributed by atoms with Crippen LogP contribution in [0, 0.1) is 5.82 Å². The molecule has 0 aliphatic heterocycles. The summed E-state index contributed by atoms with van der Waals surface area (Å²) in [4.78, 5) is 19.6. The number of nitrogens with two attached hydrogens (primary N) is 1. The first-order valence-electron chi connectivity index (χ1n) is 12.7. The minimum atomic E-state index is -4.95. The van der Waals surface area contributed by atoms with E-state index in [0.29, 0.717) is 28.4 Å². The molecule has 14 heteroatoms. The van der Waals surface area contributed by atoms with Crippen molar-refractivity contribution in [2.45, 2.75) is 38.4 Å². The van der Waals surface area contributed by atoms with Crippen molar-refractivity contribution in [1.82, 2.24) is 14.5 Å². The fraction of sp³-hybridized carbons (Fsp3) is 0.321. The van der Waals surface area contributed by atoms with Crippen molar-refractivity contribution in [3.8, 4) is 11.1 Å². The maximum absolute atomic E-state index is 14.2. The van der Waals surface area contributed by atoms with Crippen LogP contribution in [0.5, 0.6) is 0 Å². The van der Waals surface area contributed by atoms with Gasteiger partial charge in [0.15, 0.2) is 0 Å². The topological polar surface area (TPSA) is 109 Å². The van der Waals surface area contributed by atoms with Gasteiger partial charge in [0.1, 0.15) is 18.2 Å². The number of anilines is 2. The fourth-order valence-electron chi connectivity index (χ4n) is 4.68. The van der Waals surface area contributed by atoms with Crippen LogP contribution in [-0.4, -0.2) is 33.3 Å². The average molecular weight is 595 g/mol. The maximum atomic E-state index is 14.2. The van der Waals surface area contributed by atoms with Gasteiger partial charge in [-0.25, -0.2) is 20.2 Å². The van der Waals surface area contributed by atoms with Gasteiger partial charge in [-0.3, -0.25) is 4.79 Å². The zero-order valence-electron chi connectivity index (χ0n) is 23.0. The number of alkyl halides is 5. The molecule has 0 bridgehead atoms. The SMILES string of the molecule is CC(C)c1c(N(C)N)c(-c2ccc(=O)n(C)c2)cc2c(NCc3cc(F)cc(C(F)(F)CO)c3)nc(C(F)(F)F)nc12. The third-order valence-corrected chi connectivity index (χ3v) is 6.62. The molecule has 224 valence electrons. The Bertz CT molecular complexity index is 1700. The predicted octanol–water partition coefficient (Wildman–Crippen LogP) is 5.28. The summed E-state index contributed by atoms with van der Waals surface area (Å²) in [6, 6.07) is 6.86. The third kappa shape index (κ3) is 6.04. The number of aliphatic hydroxyl groups is 1. The molecule has 2 heterocycles. The highest BCUT2D eigenvalue weighted by molar-refractivity contribution is 6.01. The molecular weight excluding hydrogens is 566 g/mol. The summed E-state index contributed by atoms with van der Waals surface area (Å²) in [6.45, 7) is 1.56. The van der Waals surface area contributed by atoms with Crippen LogP contribution in [0.4, 0.5) is 37.8 Å². The highest BCUT2D eigenvalue weighted by atomic mass is 19.4. The second-order valence-corrected chi connectivity index (χ2v) is 10.2. The lowest BCUT2D eigenvalue weighted by molar-refractivity contribution is -0.144. The first-order chi connectivity index (χ1) is 19.5. The molecule has 8 nitrogen and oxygen atoms in total. The van der Waals surface area contributed by atoms with Crippen LogP contribution in [0.15, 0.2) is 47.4 Å². The molecule has 4 N–H and O–H groups in total. The van der Waals surface area contributed by atoms with E-state index >= 15 is 0 Å². The first kappa shape index (κ1) is 30.8. The molecule has 0 fully saturated rings. The maximum Gasteiger partial charge on any atom is 0.451 e. The molecule has 2 aromatic carbocycles. The molecule has 0 amide bonds. The molecule has 0 atom stereocenters. The highest BCUT2D eigenvalue weighted by Crippen LogP contribution is 2.43. The summed E-state index contributed by atoms with van der Waals surface area (Å²) in [7, 11) is 3.06. The number of aryl methyl sites for hydroxylation is 1. The standard InChI is InChI=1S/C28H28F6N6O2/c1-14(2)22-23-20(10-19(24(22)40(4)35)16-5-6-21(42)39(3)12-16)25(38-26(37-23)28(32,33)34)36-11-15-7-17(9-18(29)8-15)27(30,31)13-41/h5-10,12,14,41H,11,13,35H2,1-4H3,(H,36,37,38). The fourth-order valence-corrected chi connectivity index (χ4v) is 4.68. The Morgan fingerprint density at radius 1 is 1.10 bits per heavy atom. The van der Waals surface area contributed by atoms with E-state index < -0.39 is 41.8 Å². The molecule has 2 aromatic heterocycles. The van der Waals surface area contributed by atoms with Gasteiger partial charge >= 0.3 is 6.18 Å². The van der Waals surface area contributed by atoms with Crippen LogP contribution in [0.1, 0.15) is 42.3 Å². The molecule has 0 saturated carbocycles. The summed E-state index contributed by atoms with van der Waals surface area (Å²) in [5.41, 5.74) is 0.575. The largest absolute Gasteiger partial charge is 0.451 e. The Hall–Kier alpha value is -4.17. The van der Waals surface area contributed by atoms with Crippen LogP contribution in [0.3, 0.4) is 0 Å². The van der Waals surface area contributed by atoms with Crippen LogP contribution in [0.25, 0.3) is 22.0 Å². The molecule has 0 saturated heterocycles. The third-order valence-electron chi connectivity index (χ3n) is 6.62. The Labute approximate surface area is 236 Å². The van der Waals surface area contributed by atoms with Crippen molar-refractivity contribution in [3.05, 3.63) is 81.3 Å². The number of fused-ring (bicyclic) bond motifs is 1. The average Bonchev–Trinajstić information content (AvgIpc) is 2.90. The minimum absolute atomic E-state index is 0.0286. The van der Waals surface area contributed by atoms with Crippen molar-refractivity contribution in [1.29, 1.82) is 0 Å². The molecule has 0 spiro atoms. The van der Waals surface area contributed by atoms with E-state index in [2.05, 4.69) is 15.3 Å². The number of hydrogen-bond donors (Lipinski definition) is 3. The lowest BCUT2D eigenvalue weighted by Crippen LogP contribution is -2.28. The van der Waals surface area contributed by atoms with Gasteiger partial charge in [0.05, 0.1) is 11.2 Å². The van der Waals surface area contributed by atoms with Crippen molar-refractivity contribution < 1.29 is 31.4 Å². The van der Waals surface area contributed by atoms with Crippen molar-refractivity contribution in [2.75, 3.05) is 24.0 Å². The number of benzene rings is 2. The van der Waals surface area contributed by atoms with E-state index in [1.54, 1.807) is 33.2 Å². The molecule has 0 radical (unpaired) electrons. The first-order valence-corrected chi connectivity index (χ1v) is 12.7. The van der Waals surface area contributed by atoms with Gasteiger partial charge in [-0.2, -0.15) is 22.0 Å². The van der Waals surface area contributed by atoms with E-state index in [-0.39, 0.29) is 34.4 Å². The summed E-state index contributed by atoms with van der Waals surface area (Å²) in [6.07, 6.45) is -3.40. The summed E-state index contributed by atoms with van der Waals surface area (Å²) in [5.74, 6) is -0.691. The monoisotopic (exact) mass is 594 g/mol. The van der Waals surface area contributed by atoms with Gasteiger partial charge in [-0.15, -0.1) is 0 Å². The van der Waals surface area contributed by atoms with Crippen LogP contribution >= 0.6 is 0 Å². The molecular formula is C28H28F6N6O2. The predicted molar refractivity (Wildman–Crippen MR) is 147 cm³/mol. The quantitative estimate of drug-likeness (QED) is 0.145. The molecule has 4 aromatic rings. The number of pyridine rings is 1. The Morgan fingerprint density at radius 2 is 1.79 bits per heavy atom. The lowest BCUT2D eigenvalue weighted by atomic mass is 9.91. The zero-order valence-corrected chi connectivity index (χ0v) is 23.0.